The van der Waals surface area contributed by atoms with Crippen molar-refractivity contribution in [2.24, 2.45) is 7.05 Å². The van der Waals surface area contributed by atoms with E-state index in [2.05, 4.69) is 5.32 Å². The fourth-order valence-electron chi connectivity index (χ4n) is 1.85. The van der Waals surface area contributed by atoms with Crippen molar-refractivity contribution in [2.45, 2.75) is 6.54 Å². The van der Waals surface area contributed by atoms with Gasteiger partial charge in [-0.05, 0) is 24.3 Å². The molecule has 0 spiro atoms. The van der Waals surface area contributed by atoms with Crippen LogP contribution in [0.1, 0.15) is 16.1 Å². The lowest BCUT2D eigenvalue weighted by Gasteiger charge is -2.10. The molecule has 0 aliphatic rings. The van der Waals surface area contributed by atoms with Crippen LogP contribution in [0, 0.1) is 0 Å². The number of hydrogen-bond acceptors (Lipinski definition) is 4. The first-order valence-electron chi connectivity index (χ1n) is 6.32. The van der Waals surface area contributed by atoms with Crippen LogP contribution < -0.4 is 15.5 Å². The molecule has 0 bridgehead atoms. The van der Waals surface area contributed by atoms with Crippen molar-refractivity contribution in [3.63, 3.8) is 0 Å². The molecule has 1 heterocycles. The first kappa shape index (κ1) is 14.6. The van der Waals surface area contributed by atoms with Gasteiger partial charge in [0.15, 0.2) is 5.75 Å². The molecule has 0 aliphatic heterocycles. The number of amides is 1. The molecule has 0 aliphatic carbocycles. The molecule has 0 saturated carbocycles. The Morgan fingerprint density at radius 3 is 2.62 bits per heavy atom. The minimum Gasteiger partial charge on any atom is -0.503 e. The zero-order valence-corrected chi connectivity index (χ0v) is 11.8. The number of pyridine rings is 1. The number of methoxy groups -OCH3 is 1. The Hall–Kier alpha value is -2.76. The maximum atomic E-state index is 12.0. The molecular formula is C15H16N2O4. The molecule has 1 aromatic carbocycles. The summed E-state index contributed by atoms with van der Waals surface area (Å²) in [6.07, 6.45) is 1.32. The van der Waals surface area contributed by atoms with Crippen molar-refractivity contribution in [3.8, 4) is 11.5 Å². The molecule has 6 nitrogen and oxygen atoms in total. The maximum Gasteiger partial charge on any atom is 0.251 e. The lowest BCUT2D eigenvalue weighted by Crippen LogP contribution is -2.25. The predicted octanol–water partition coefficient (Wildman–Crippen LogP) is 1.03. The van der Waals surface area contributed by atoms with Crippen LogP contribution in [0.25, 0.3) is 0 Å². The molecule has 110 valence electrons. The second kappa shape index (κ2) is 6.13. The molecule has 2 aromatic rings. The van der Waals surface area contributed by atoms with Crippen molar-refractivity contribution in [1.29, 1.82) is 0 Å². The normalized spacial score (nSPS) is 10.2. The Labute approximate surface area is 121 Å². The molecule has 0 saturated heterocycles. The minimum atomic E-state index is -0.471. The average molecular weight is 288 g/mol. The van der Waals surface area contributed by atoms with E-state index in [-0.39, 0.29) is 18.2 Å². The number of aryl methyl sites for hydroxylation is 1. The second-order valence-electron chi connectivity index (χ2n) is 4.54. The molecule has 0 unspecified atom stereocenters. The smallest absolute Gasteiger partial charge is 0.251 e. The van der Waals surface area contributed by atoms with Crippen molar-refractivity contribution < 1.29 is 14.6 Å². The molecule has 1 amide bonds. The van der Waals surface area contributed by atoms with E-state index in [4.69, 9.17) is 4.74 Å². The van der Waals surface area contributed by atoms with Crippen molar-refractivity contribution in [2.75, 3.05) is 7.11 Å². The van der Waals surface area contributed by atoms with Gasteiger partial charge in [-0.1, -0.05) is 0 Å². The number of benzene rings is 1. The summed E-state index contributed by atoms with van der Waals surface area (Å²) in [6, 6.07) is 8.01. The summed E-state index contributed by atoms with van der Waals surface area (Å²) in [7, 11) is 3.24. The summed E-state index contributed by atoms with van der Waals surface area (Å²) in [6.45, 7) is 0.191. The zero-order valence-electron chi connectivity index (χ0n) is 11.8. The standard InChI is InChI=1S/C15H16N2O4/c1-17-9-14(19)13(18)7-11(17)8-16-15(20)10-3-5-12(21-2)6-4-10/h3-7,9,19H,8H2,1-2H3,(H,16,20). The van der Waals surface area contributed by atoms with Crippen LogP contribution in [-0.4, -0.2) is 22.7 Å². The molecule has 2 rings (SSSR count). The number of nitrogens with one attached hydrogen (secondary N) is 1. The Morgan fingerprint density at radius 2 is 2.00 bits per heavy atom. The monoisotopic (exact) mass is 288 g/mol. The van der Waals surface area contributed by atoms with E-state index < -0.39 is 5.43 Å². The number of hydrogen-bond donors (Lipinski definition) is 2. The third kappa shape index (κ3) is 3.42. The molecule has 21 heavy (non-hydrogen) atoms. The van der Waals surface area contributed by atoms with Crippen LogP contribution in [0.4, 0.5) is 0 Å². The lowest BCUT2D eigenvalue weighted by atomic mass is 10.2. The minimum absolute atomic E-state index is 0.191. The number of aromatic nitrogens is 1. The predicted molar refractivity (Wildman–Crippen MR) is 77.5 cm³/mol. The van der Waals surface area contributed by atoms with E-state index in [1.165, 1.54) is 12.3 Å². The topological polar surface area (TPSA) is 80.6 Å². The van der Waals surface area contributed by atoms with Crippen LogP contribution in [0.3, 0.4) is 0 Å². The van der Waals surface area contributed by atoms with Gasteiger partial charge in [0.2, 0.25) is 5.43 Å². The fraction of sp³-hybridized carbons (Fsp3) is 0.200. The Bertz CT molecular complexity index is 705. The van der Waals surface area contributed by atoms with Gasteiger partial charge in [0.05, 0.1) is 13.7 Å². The third-order valence-electron chi connectivity index (χ3n) is 3.10. The molecule has 0 atom stereocenters. The van der Waals surface area contributed by atoms with E-state index in [0.29, 0.717) is 17.0 Å². The van der Waals surface area contributed by atoms with E-state index in [1.807, 2.05) is 0 Å². The van der Waals surface area contributed by atoms with Gasteiger partial charge in [0.25, 0.3) is 5.91 Å². The number of rotatable bonds is 4. The van der Waals surface area contributed by atoms with E-state index in [1.54, 1.807) is 43.0 Å². The summed E-state index contributed by atoms with van der Waals surface area (Å²) in [5.41, 5.74) is 0.626. The average Bonchev–Trinajstić information content (AvgIpc) is 2.49. The highest BCUT2D eigenvalue weighted by Gasteiger charge is 2.08. The molecule has 2 N–H and O–H groups in total. The van der Waals surface area contributed by atoms with Gasteiger partial charge < -0.3 is 19.7 Å². The summed E-state index contributed by atoms with van der Waals surface area (Å²) in [5, 5.41) is 12.0. The largest absolute Gasteiger partial charge is 0.503 e. The highest BCUT2D eigenvalue weighted by atomic mass is 16.5. The fourth-order valence-corrected chi connectivity index (χ4v) is 1.85. The van der Waals surface area contributed by atoms with Crippen molar-refractivity contribution in [1.82, 2.24) is 9.88 Å². The molecule has 0 fully saturated rings. The maximum absolute atomic E-state index is 12.0. The summed E-state index contributed by atoms with van der Waals surface area (Å²) < 4.78 is 6.61. The van der Waals surface area contributed by atoms with Gasteiger partial charge in [0.1, 0.15) is 5.75 Å². The van der Waals surface area contributed by atoms with Crippen LogP contribution in [0.5, 0.6) is 11.5 Å². The quantitative estimate of drug-likeness (QED) is 0.880. The van der Waals surface area contributed by atoms with Gasteiger partial charge in [-0.15, -0.1) is 0 Å². The van der Waals surface area contributed by atoms with Crippen molar-refractivity contribution in [3.05, 3.63) is 58.0 Å². The SMILES string of the molecule is COc1ccc(C(=O)NCc2cc(=O)c(O)cn2C)cc1. The molecule has 6 heteroatoms. The van der Waals surface area contributed by atoms with Crippen molar-refractivity contribution >= 4 is 5.91 Å². The first-order valence-corrected chi connectivity index (χ1v) is 6.32. The molecular weight excluding hydrogens is 272 g/mol. The number of nitrogens with zero attached hydrogens (tertiary/aromatic N) is 1. The Morgan fingerprint density at radius 1 is 1.33 bits per heavy atom. The van der Waals surface area contributed by atoms with Crippen LogP contribution >= 0.6 is 0 Å². The summed E-state index contributed by atoms with van der Waals surface area (Å²) in [5.74, 6) is 0.105. The highest BCUT2D eigenvalue weighted by molar-refractivity contribution is 5.94. The van der Waals surface area contributed by atoms with Gasteiger partial charge in [0, 0.05) is 30.6 Å². The summed E-state index contributed by atoms with van der Waals surface area (Å²) >= 11 is 0. The van der Waals surface area contributed by atoms with E-state index >= 15 is 0 Å². The number of ether oxygens (including phenoxy) is 1. The van der Waals surface area contributed by atoms with Gasteiger partial charge in [-0.25, -0.2) is 0 Å². The highest BCUT2D eigenvalue weighted by Crippen LogP contribution is 2.11. The molecule has 1 aromatic heterocycles. The third-order valence-corrected chi connectivity index (χ3v) is 3.10. The summed E-state index contributed by atoms with van der Waals surface area (Å²) in [4.78, 5) is 23.4. The number of aromatic hydroxyl groups is 1. The van der Waals surface area contributed by atoms with Gasteiger partial charge in [-0.3, -0.25) is 9.59 Å². The van der Waals surface area contributed by atoms with Gasteiger partial charge in [-0.2, -0.15) is 0 Å². The zero-order chi connectivity index (χ0) is 15.4. The number of carbonyl (C=O) groups is 1. The van der Waals surface area contributed by atoms with Crippen LogP contribution in [0.15, 0.2) is 41.3 Å². The van der Waals surface area contributed by atoms with Crippen LogP contribution in [0.2, 0.25) is 0 Å². The lowest BCUT2D eigenvalue weighted by molar-refractivity contribution is 0.0950. The Kier molecular flexibility index (Phi) is 4.27. The second-order valence-corrected chi connectivity index (χ2v) is 4.54. The first-order chi connectivity index (χ1) is 10.0. The molecule has 0 radical (unpaired) electrons. The van der Waals surface area contributed by atoms with E-state index in [9.17, 15) is 14.7 Å². The van der Waals surface area contributed by atoms with E-state index in [0.717, 1.165) is 0 Å². The Balaban J connectivity index is 2.07. The van der Waals surface area contributed by atoms with Gasteiger partial charge >= 0.3 is 0 Å². The number of carbonyl (C=O) groups excluding carboxylic acids is 1. The van der Waals surface area contributed by atoms with Crippen LogP contribution in [-0.2, 0) is 13.6 Å².